The number of rotatable bonds is 2. The molecule has 1 saturated carbocycles. The molecule has 0 amide bonds. The van der Waals surface area contributed by atoms with Crippen molar-refractivity contribution in [3.05, 3.63) is 57.6 Å². The van der Waals surface area contributed by atoms with Crippen molar-refractivity contribution in [3.8, 4) is 0 Å². The summed E-state index contributed by atoms with van der Waals surface area (Å²) in [6, 6.07) is 10.3. The van der Waals surface area contributed by atoms with E-state index in [4.69, 9.17) is 4.98 Å². The number of benzene rings is 1. The number of nitrogens with one attached hydrogen (secondary N) is 1. The molecule has 1 aromatic heterocycles. The molecule has 0 atom stereocenters. The maximum atomic E-state index is 11.9. The van der Waals surface area contributed by atoms with E-state index < -0.39 is 0 Å². The van der Waals surface area contributed by atoms with Crippen molar-refractivity contribution in [3.63, 3.8) is 0 Å². The van der Waals surface area contributed by atoms with Gasteiger partial charge in [-0.2, -0.15) is 0 Å². The van der Waals surface area contributed by atoms with Crippen LogP contribution in [0.3, 0.4) is 0 Å². The third kappa shape index (κ3) is 2.58. The second kappa shape index (κ2) is 5.02. The second-order valence-electron chi connectivity index (χ2n) is 6.02. The molecule has 1 aromatic carbocycles. The normalized spacial score (nSPS) is 18.2. The Morgan fingerprint density at radius 2 is 1.76 bits per heavy atom. The van der Waals surface area contributed by atoms with Gasteiger partial charge >= 0.3 is 0 Å². The fourth-order valence-corrected chi connectivity index (χ4v) is 3.07. The number of hydrogen-bond acceptors (Lipinski definition) is 3. The van der Waals surface area contributed by atoms with Crippen molar-refractivity contribution in [2.75, 3.05) is 18.0 Å². The van der Waals surface area contributed by atoms with Gasteiger partial charge in [-0.25, -0.2) is 4.98 Å². The number of H-pyrrole nitrogens is 1. The van der Waals surface area contributed by atoms with Crippen LogP contribution >= 0.6 is 0 Å². The van der Waals surface area contributed by atoms with Crippen LogP contribution < -0.4 is 10.5 Å². The molecule has 1 fully saturated rings. The van der Waals surface area contributed by atoms with E-state index in [1.807, 2.05) is 0 Å². The Hall–Kier alpha value is -2.10. The topological polar surface area (TPSA) is 49.0 Å². The van der Waals surface area contributed by atoms with Gasteiger partial charge in [-0.3, -0.25) is 4.79 Å². The Bertz CT molecular complexity index is 691. The number of fused-ring (bicyclic) bond motifs is 1. The van der Waals surface area contributed by atoms with Crippen LogP contribution in [0.4, 0.5) is 5.82 Å². The molecule has 0 spiro atoms. The quantitative estimate of drug-likeness (QED) is 0.918. The summed E-state index contributed by atoms with van der Waals surface area (Å²) in [6.45, 7) is 1.86. The van der Waals surface area contributed by atoms with Crippen LogP contribution in [-0.4, -0.2) is 23.1 Å². The van der Waals surface area contributed by atoms with E-state index in [-0.39, 0.29) is 5.56 Å². The van der Waals surface area contributed by atoms with Crippen LogP contribution in [0.5, 0.6) is 0 Å². The average molecular weight is 281 g/mol. The minimum atomic E-state index is -0.0244. The van der Waals surface area contributed by atoms with Crippen molar-refractivity contribution >= 4 is 5.82 Å². The Kier molecular flexibility index (Phi) is 3.02. The van der Waals surface area contributed by atoms with Gasteiger partial charge in [0.2, 0.25) is 0 Å². The SMILES string of the molecule is O=c1cc(N2CCc3ccccc3CC2)nc(C2CC2)[nH]1. The molecule has 4 heteroatoms. The highest BCUT2D eigenvalue weighted by molar-refractivity contribution is 5.41. The van der Waals surface area contributed by atoms with E-state index in [1.54, 1.807) is 6.07 Å². The van der Waals surface area contributed by atoms with E-state index in [0.717, 1.165) is 50.4 Å². The van der Waals surface area contributed by atoms with Crippen LogP contribution in [0.25, 0.3) is 0 Å². The van der Waals surface area contributed by atoms with Gasteiger partial charge < -0.3 is 9.88 Å². The van der Waals surface area contributed by atoms with Gasteiger partial charge in [-0.1, -0.05) is 24.3 Å². The highest BCUT2D eigenvalue weighted by Crippen LogP contribution is 2.38. The van der Waals surface area contributed by atoms with E-state index in [9.17, 15) is 4.79 Å². The van der Waals surface area contributed by atoms with Crippen LogP contribution in [0.15, 0.2) is 35.1 Å². The number of aromatic amines is 1. The predicted molar refractivity (Wildman–Crippen MR) is 82.9 cm³/mol. The van der Waals surface area contributed by atoms with E-state index in [1.165, 1.54) is 11.1 Å². The van der Waals surface area contributed by atoms with Crippen LogP contribution in [0, 0.1) is 0 Å². The first-order valence-corrected chi connectivity index (χ1v) is 7.72. The summed E-state index contributed by atoms with van der Waals surface area (Å²) in [7, 11) is 0. The van der Waals surface area contributed by atoms with E-state index in [0.29, 0.717) is 5.92 Å². The van der Waals surface area contributed by atoms with Crippen LogP contribution in [-0.2, 0) is 12.8 Å². The van der Waals surface area contributed by atoms with Crippen molar-refractivity contribution in [2.45, 2.75) is 31.6 Å². The molecule has 0 bridgehead atoms. The van der Waals surface area contributed by atoms with Gasteiger partial charge in [0.25, 0.3) is 5.56 Å². The number of hydrogen-bond donors (Lipinski definition) is 1. The zero-order valence-corrected chi connectivity index (χ0v) is 12.0. The molecule has 1 N–H and O–H groups in total. The van der Waals surface area contributed by atoms with Gasteiger partial charge in [-0.15, -0.1) is 0 Å². The Morgan fingerprint density at radius 1 is 1.10 bits per heavy atom. The lowest BCUT2D eigenvalue weighted by molar-refractivity contribution is 0.773. The molecular weight excluding hydrogens is 262 g/mol. The van der Waals surface area contributed by atoms with Gasteiger partial charge in [0.1, 0.15) is 11.6 Å². The van der Waals surface area contributed by atoms with Crippen molar-refractivity contribution < 1.29 is 0 Å². The molecule has 4 rings (SSSR count). The summed E-state index contributed by atoms with van der Waals surface area (Å²) in [5.41, 5.74) is 2.82. The Morgan fingerprint density at radius 3 is 2.38 bits per heavy atom. The zero-order chi connectivity index (χ0) is 14.2. The molecule has 108 valence electrons. The largest absolute Gasteiger partial charge is 0.356 e. The zero-order valence-electron chi connectivity index (χ0n) is 12.0. The highest BCUT2D eigenvalue weighted by atomic mass is 16.1. The Balaban J connectivity index is 1.61. The Labute approximate surface area is 123 Å². The number of aromatic nitrogens is 2. The number of nitrogens with zero attached hydrogens (tertiary/aromatic N) is 2. The van der Waals surface area contributed by atoms with Gasteiger partial charge in [-0.05, 0) is 36.8 Å². The molecule has 1 aliphatic heterocycles. The van der Waals surface area contributed by atoms with Crippen molar-refractivity contribution in [1.82, 2.24) is 9.97 Å². The monoisotopic (exact) mass is 281 g/mol. The molecule has 0 radical (unpaired) electrons. The van der Waals surface area contributed by atoms with Gasteiger partial charge in [0, 0.05) is 25.1 Å². The third-order valence-electron chi connectivity index (χ3n) is 4.46. The fourth-order valence-electron chi connectivity index (χ4n) is 3.07. The smallest absolute Gasteiger partial charge is 0.252 e. The summed E-state index contributed by atoms with van der Waals surface area (Å²) >= 11 is 0. The fraction of sp³-hybridized carbons (Fsp3) is 0.412. The molecule has 2 aromatic rings. The number of anilines is 1. The molecular formula is C17H19N3O. The first kappa shape index (κ1) is 12.6. The summed E-state index contributed by atoms with van der Waals surface area (Å²) in [5.74, 6) is 2.19. The first-order valence-electron chi connectivity index (χ1n) is 7.72. The van der Waals surface area contributed by atoms with E-state index in [2.05, 4.69) is 34.1 Å². The maximum absolute atomic E-state index is 11.9. The van der Waals surface area contributed by atoms with Crippen molar-refractivity contribution in [1.29, 1.82) is 0 Å². The minimum absolute atomic E-state index is 0.0244. The summed E-state index contributed by atoms with van der Waals surface area (Å²) in [4.78, 5) is 21.7. The molecule has 0 unspecified atom stereocenters. The molecule has 2 heterocycles. The molecule has 1 aliphatic carbocycles. The first-order chi connectivity index (χ1) is 10.3. The van der Waals surface area contributed by atoms with Crippen molar-refractivity contribution in [2.24, 2.45) is 0 Å². The van der Waals surface area contributed by atoms with Gasteiger partial charge in [0.05, 0.1) is 0 Å². The van der Waals surface area contributed by atoms with Crippen LogP contribution in [0.2, 0.25) is 0 Å². The standard InChI is InChI=1S/C17H19N3O/c21-16-11-15(18-17(19-16)14-5-6-14)20-9-7-12-3-1-2-4-13(12)8-10-20/h1-4,11,14H,5-10H2,(H,18,19,21). The predicted octanol–water partition coefficient (Wildman–Crippen LogP) is 2.25. The van der Waals surface area contributed by atoms with Gasteiger partial charge in [0.15, 0.2) is 0 Å². The lowest BCUT2D eigenvalue weighted by Crippen LogP contribution is -2.29. The summed E-state index contributed by atoms with van der Waals surface area (Å²) in [5, 5.41) is 0. The maximum Gasteiger partial charge on any atom is 0.252 e. The molecule has 21 heavy (non-hydrogen) atoms. The lowest BCUT2D eigenvalue weighted by atomic mass is 10.0. The third-order valence-corrected chi connectivity index (χ3v) is 4.46. The molecule has 2 aliphatic rings. The molecule has 4 nitrogen and oxygen atoms in total. The summed E-state index contributed by atoms with van der Waals surface area (Å²) < 4.78 is 0. The van der Waals surface area contributed by atoms with Crippen LogP contribution in [0.1, 0.15) is 35.7 Å². The van der Waals surface area contributed by atoms with E-state index >= 15 is 0 Å². The minimum Gasteiger partial charge on any atom is -0.356 e. The molecule has 0 saturated heterocycles. The average Bonchev–Trinajstić information content (AvgIpc) is 3.33. The second-order valence-corrected chi connectivity index (χ2v) is 6.02. The highest BCUT2D eigenvalue weighted by Gasteiger charge is 2.27. The lowest BCUT2D eigenvalue weighted by Gasteiger charge is -2.21. The summed E-state index contributed by atoms with van der Waals surface area (Å²) in [6.07, 6.45) is 4.34.